The van der Waals surface area contributed by atoms with E-state index in [4.69, 9.17) is 16.9 Å². The standard InChI is InChI=1S/C17H11ClN2O2S/c18-15-8-2-5-13-6-3-9-16(17(13)15)23(21,22)20-14-7-1-4-12(10-14)11-19/h1-10,20H. The Morgan fingerprint density at radius 2 is 1.70 bits per heavy atom. The summed E-state index contributed by atoms with van der Waals surface area (Å²) >= 11 is 6.18. The van der Waals surface area contributed by atoms with Gasteiger partial charge in [0.25, 0.3) is 10.0 Å². The van der Waals surface area contributed by atoms with Crippen molar-refractivity contribution in [3.05, 3.63) is 71.2 Å². The lowest BCUT2D eigenvalue weighted by molar-refractivity contribution is 0.602. The molecule has 0 radical (unpaired) electrons. The summed E-state index contributed by atoms with van der Waals surface area (Å²) in [6.07, 6.45) is 0. The topological polar surface area (TPSA) is 70.0 Å². The van der Waals surface area contributed by atoms with Gasteiger partial charge in [0, 0.05) is 10.4 Å². The number of nitrogens with zero attached hydrogens (tertiary/aromatic N) is 1. The van der Waals surface area contributed by atoms with Crippen LogP contribution in [0, 0.1) is 11.3 Å². The molecular formula is C17H11ClN2O2S. The zero-order chi connectivity index (χ0) is 16.4. The lowest BCUT2D eigenvalue weighted by Crippen LogP contribution is -2.13. The summed E-state index contributed by atoms with van der Waals surface area (Å²) in [7, 11) is -3.83. The molecule has 0 fully saturated rings. The molecule has 0 heterocycles. The number of benzene rings is 3. The first-order valence-electron chi connectivity index (χ1n) is 6.71. The van der Waals surface area contributed by atoms with Crippen molar-refractivity contribution in [2.24, 2.45) is 0 Å². The average molecular weight is 343 g/mol. The van der Waals surface area contributed by atoms with Crippen molar-refractivity contribution in [3.63, 3.8) is 0 Å². The molecule has 23 heavy (non-hydrogen) atoms. The Bertz CT molecular complexity index is 1030. The molecule has 0 aliphatic rings. The zero-order valence-electron chi connectivity index (χ0n) is 11.8. The first-order chi connectivity index (χ1) is 11.0. The molecule has 4 nitrogen and oxygen atoms in total. The monoisotopic (exact) mass is 342 g/mol. The highest BCUT2D eigenvalue weighted by atomic mass is 35.5. The Labute approximate surface area is 139 Å². The maximum absolute atomic E-state index is 12.7. The normalized spacial score (nSPS) is 11.1. The molecule has 0 unspecified atom stereocenters. The molecule has 0 saturated carbocycles. The van der Waals surface area contributed by atoms with E-state index in [1.54, 1.807) is 48.5 Å². The van der Waals surface area contributed by atoms with Gasteiger partial charge in [-0.3, -0.25) is 4.72 Å². The van der Waals surface area contributed by atoms with E-state index in [-0.39, 0.29) is 4.90 Å². The van der Waals surface area contributed by atoms with Crippen LogP contribution >= 0.6 is 11.6 Å². The third-order valence-electron chi connectivity index (χ3n) is 3.35. The van der Waals surface area contributed by atoms with Gasteiger partial charge < -0.3 is 0 Å². The molecule has 6 heteroatoms. The van der Waals surface area contributed by atoms with E-state index in [1.807, 2.05) is 6.07 Å². The van der Waals surface area contributed by atoms with Crippen molar-refractivity contribution in [3.8, 4) is 6.07 Å². The summed E-state index contributed by atoms with van der Waals surface area (Å²) in [4.78, 5) is 0.1000. The van der Waals surface area contributed by atoms with Crippen LogP contribution in [0.3, 0.4) is 0 Å². The fourth-order valence-electron chi connectivity index (χ4n) is 2.35. The summed E-state index contributed by atoms with van der Waals surface area (Å²) in [5.41, 5.74) is 0.703. The van der Waals surface area contributed by atoms with Crippen LogP contribution in [0.15, 0.2) is 65.6 Å². The third kappa shape index (κ3) is 3.00. The second-order valence-corrected chi connectivity index (χ2v) is 6.95. The van der Waals surface area contributed by atoms with Crippen molar-refractivity contribution in [2.45, 2.75) is 4.90 Å². The van der Waals surface area contributed by atoms with Gasteiger partial charge in [-0.25, -0.2) is 8.42 Å². The van der Waals surface area contributed by atoms with Gasteiger partial charge in [-0.05, 0) is 35.7 Å². The predicted molar refractivity (Wildman–Crippen MR) is 90.9 cm³/mol. The highest BCUT2D eigenvalue weighted by Crippen LogP contribution is 2.30. The summed E-state index contributed by atoms with van der Waals surface area (Å²) in [6, 6.07) is 18.5. The van der Waals surface area contributed by atoms with Crippen molar-refractivity contribution in [1.82, 2.24) is 0 Å². The van der Waals surface area contributed by atoms with E-state index < -0.39 is 10.0 Å². The quantitative estimate of drug-likeness (QED) is 0.776. The Kier molecular flexibility index (Phi) is 3.95. The summed E-state index contributed by atoms with van der Waals surface area (Å²) < 4.78 is 27.9. The highest BCUT2D eigenvalue weighted by Gasteiger charge is 2.19. The van der Waals surface area contributed by atoms with Crippen LogP contribution in [0.1, 0.15) is 5.56 Å². The maximum atomic E-state index is 12.7. The highest BCUT2D eigenvalue weighted by molar-refractivity contribution is 7.93. The van der Waals surface area contributed by atoms with Gasteiger partial charge in [-0.2, -0.15) is 5.26 Å². The van der Waals surface area contributed by atoms with Crippen molar-refractivity contribution >= 4 is 38.1 Å². The molecular weight excluding hydrogens is 332 g/mol. The molecule has 3 aromatic carbocycles. The fraction of sp³-hybridized carbons (Fsp3) is 0. The third-order valence-corrected chi connectivity index (χ3v) is 5.09. The number of rotatable bonds is 3. The van der Waals surface area contributed by atoms with Crippen LogP contribution in [0.2, 0.25) is 5.02 Å². The number of nitrogens with one attached hydrogen (secondary N) is 1. The zero-order valence-corrected chi connectivity index (χ0v) is 13.4. The Balaban J connectivity index is 2.12. The molecule has 0 aromatic heterocycles. The Hall–Kier alpha value is -2.55. The smallest absolute Gasteiger partial charge is 0.262 e. The van der Waals surface area contributed by atoms with Gasteiger partial charge in [0.05, 0.1) is 22.2 Å². The molecule has 114 valence electrons. The van der Waals surface area contributed by atoms with Gasteiger partial charge in [0.15, 0.2) is 0 Å². The molecule has 0 spiro atoms. The molecule has 3 rings (SSSR count). The van der Waals surface area contributed by atoms with Crippen LogP contribution in [-0.2, 0) is 10.0 Å². The van der Waals surface area contributed by atoms with E-state index in [0.29, 0.717) is 21.7 Å². The molecule has 0 bridgehead atoms. The minimum Gasteiger partial charge on any atom is -0.280 e. The first kappa shape index (κ1) is 15.3. The van der Waals surface area contributed by atoms with Crippen LogP contribution < -0.4 is 4.72 Å². The van der Waals surface area contributed by atoms with Crippen molar-refractivity contribution < 1.29 is 8.42 Å². The molecule has 0 aliphatic heterocycles. The Morgan fingerprint density at radius 3 is 2.43 bits per heavy atom. The molecule has 0 amide bonds. The molecule has 0 atom stereocenters. The van der Waals surface area contributed by atoms with Crippen molar-refractivity contribution in [2.75, 3.05) is 4.72 Å². The fourth-order valence-corrected chi connectivity index (χ4v) is 3.99. The number of sulfonamides is 1. The molecule has 0 saturated heterocycles. The molecule has 0 aliphatic carbocycles. The Morgan fingerprint density at radius 1 is 1.00 bits per heavy atom. The summed E-state index contributed by atoms with van der Waals surface area (Å²) in [5, 5.41) is 10.5. The van der Waals surface area contributed by atoms with Gasteiger partial charge in [-0.15, -0.1) is 0 Å². The SMILES string of the molecule is N#Cc1cccc(NS(=O)(=O)c2cccc3cccc(Cl)c23)c1. The number of anilines is 1. The predicted octanol–water partition coefficient (Wildman–Crippen LogP) is 4.17. The number of fused-ring (bicyclic) bond motifs is 1. The van der Waals surface area contributed by atoms with E-state index in [1.165, 1.54) is 12.1 Å². The van der Waals surface area contributed by atoms with Crippen LogP contribution in [0.4, 0.5) is 5.69 Å². The van der Waals surface area contributed by atoms with Crippen LogP contribution in [0.25, 0.3) is 10.8 Å². The summed E-state index contributed by atoms with van der Waals surface area (Å²) in [6.45, 7) is 0. The minimum atomic E-state index is -3.83. The van der Waals surface area contributed by atoms with E-state index in [2.05, 4.69) is 4.72 Å². The lowest BCUT2D eigenvalue weighted by atomic mass is 10.1. The minimum absolute atomic E-state index is 0.1000. The van der Waals surface area contributed by atoms with Gasteiger partial charge in [-0.1, -0.05) is 41.9 Å². The average Bonchev–Trinajstić information content (AvgIpc) is 2.54. The van der Waals surface area contributed by atoms with Gasteiger partial charge in [0.2, 0.25) is 0 Å². The van der Waals surface area contributed by atoms with Gasteiger partial charge >= 0.3 is 0 Å². The van der Waals surface area contributed by atoms with E-state index >= 15 is 0 Å². The molecule has 1 N–H and O–H groups in total. The van der Waals surface area contributed by atoms with E-state index in [9.17, 15) is 8.42 Å². The largest absolute Gasteiger partial charge is 0.280 e. The maximum Gasteiger partial charge on any atom is 0.262 e. The number of nitriles is 1. The first-order valence-corrected chi connectivity index (χ1v) is 8.57. The van der Waals surface area contributed by atoms with Crippen molar-refractivity contribution in [1.29, 1.82) is 5.26 Å². The lowest BCUT2D eigenvalue weighted by Gasteiger charge is -2.11. The van der Waals surface area contributed by atoms with E-state index in [0.717, 1.165) is 5.39 Å². The summed E-state index contributed by atoms with van der Waals surface area (Å²) in [5.74, 6) is 0. The number of halogens is 1. The molecule has 3 aromatic rings. The van der Waals surface area contributed by atoms with Crippen LogP contribution in [0.5, 0.6) is 0 Å². The number of hydrogen-bond acceptors (Lipinski definition) is 3. The number of hydrogen-bond donors (Lipinski definition) is 1. The second kappa shape index (κ2) is 5.92. The van der Waals surface area contributed by atoms with Gasteiger partial charge in [0.1, 0.15) is 0 Å². The second-order valence-electron chi connectivity index (χ2n) is 4.89. The van der Waals surface area contributed by atoms with Crippen LogP contribution in [-0.4, -0.2) is 8.42 Å².